The minimum Gasteiger partial charge on any atom is -0.254 e. The van der Waals surface area contributed by atoms with E-state index in [9.17, 15) is 16.8 Å². The summed E-state index contributed by atoms with van der Waals surface area (Å²) >= 11 is 0. The van der Waals surface area contributed by atoms with Gasteiger partial charge in [0.15, 0.2) is 9.84 Å². The highest BCUT2D eigenvalue weighted by Gasteiger charge is 2.29. The van der Waals surface area contributed by atoms with Gasteiger partial charge in [0, 0.05) is 12.7 Å². The van der Waals surface area contributed by atoms with Gasteiger partial charge >= 0.3 is 0 Å². The van der Waals surface area contributed by atoms with Gasteiger partial charge in [-0.3, -0.25) is 4.31 Å². The zero-order valence-corrected chi connectivity index (χ0v) is 14.5. The average Bonchev–Trinajstić information content (AvgIpc) is 2.77. The molecule has 1 atom stereocenters. The zero-order valence-electron chi connectivity index (χ0n) is 12.9. The van der Waals surface area contributed by atoms with Gasteiger partial charge in [-0.1, -0.05) is 6.92 Å². The van der Waals surface area contributed by atoms with Gasteiger partial charge in [0.2, 0.25) is 10.0 Å². The molecule has 0 saturated carbocycles. The highest BCUT2D eigenvalue weighted by Crippen LogP contribution is 2.24. The van der Waals surface area contributed by atoms with Crippen LogP contribution in [0.2, 0.25) is 0 Å². The molecule has 124 valence electrons. The summed E-state index contributed by atoms with van der Waals surface area (Å²) in [7, 11) is -6.38. The SMILES string of the molecule is CCc1ccnc(N(CCC2CCS(=O)(=O)C2)S(C)(=O)=O)c1. The molecular weight excluding hydrogens is 324 g/mol. The maximum Gasteiger partial charge on any atom is 0.233 e. The average molecular weight is 346 g/mol. The van der Waals surface area contributed by atoms with Gasteiger partial charge in [0.05, 0.1) is 17.8 Å². The van der Waals surface area contributed by atoms with Crippen molar-refractivity contribution in [3.63, 3.8) is 0 Å². The number of pyridine rings is 1. The maximum atomic E-state index is 12.0. The smallest absolute Gasteiger partial charge is 0.233 e. The fourth-order valence-corrected chi connectivity index (χ4v) is 5.45. The lowest BCUT2D eigenvalue weighted by molar-refractivity contribution is 0.542. The van der Waals surface area contributed by atoms with Crippen molar-refractivity contribution in [3.8, 4) is 0 Å². The van der Waals surface area contributed by atoms with E-state index in [1.807, 2.05) is 13.0 Å². The van der Waals surface area contributed by atoms with E-state index >= 15 is 0 Å². The third kappa shape index (κ3) is 4.42. The first kappa shape index (κ1) is 17.2. The topological polar surface area (TPSA) is 84.4 Å². The van der Waals surface area contributed by atoms with Crippen molar-refractivity contribution in [1.29, 1.82) is 0 Å². The Morgan fingerprint density at radius 3 is 2.68 bits per heavy atom. The second kappa shape index (κ2) is 6.54. The zero-order chi connectivity index (χ0) is 16.4. The first-order valence-electron chi connectivity index (χ1n) is 7.34. The molecule has 0 bridgehead atoms. The van der Waals surface area contributed by atoms with Gasteiger partial charge in [0.25, 0.3) is 0 Å². The fourth-order valence-electron chi connectivity index (χ4n) is 2.67. The van der Waals surface area contributed by atoms with Crippen molar-refractivity contribution >= 4 is 25.7 Å². The molecule has 0 radical (unpaired) electrons. The van der Waals surface area contributed by atoms with Crippen LogP contribution in [0, 0.1) is 5.92 Å². The van der Waals surface area contributed by atoms with Crippen LogP contribution in [0.15, 0.2) is 18.3 Å². The summed E-state index contributed by atoms with van der Waals surface area (Å²) in [6.07, 6.45) is 4.70. The minimum atomic E-state index is -3.44. The van der Waals surface area contributed by atoms with Gasteiger partial charge in [0.1, 0.15) is 5.82 Å². The van der Waals surface area contributed by atoms with Gasteiger partial charge in [-0.2, -0.15) is 0 Å². The lowest BCUT2D eigenvalue weighted by Crippen LogP contribution is -2.32. The maximum absolute atomic E-state index is 12.0. The van der Waals surface area contributed by atoms with E-state index in [-0.39, 0.29) is 24.0 Å². The molecule has 1 aliphatic heterocycles. The van der Waals surface area contributed by atoms with Crippen LogP contribution in [0.5, 0.6) is 0 Å². The lowest BCUT2D eigenvalue weighted by Gasteiger charge is -2.23. The summed E-state index contributed by atoms with van der Waals surface area (Å²) in [5, 5.41) is 0. The van der Waals surface area contributed by atoms with Crippen LogP contribution in [0.3, 0.4) is 0 Å². The standard InChI is InChI=1S/C14H22N2O4S2/c1-3-12-4-7-15-14(10-12)16(21(2,17)18)8-5-13-6-9-22(19,20)11-13/h4,7,10,13H,3,5-6,8-9,11H2,1-2H3. The van der Waals surface area contributed by atoms with Crippen LogP contribution < -0.4 is 4.31 Å². The van der Waals surface area contributed by atoms with Gasteiger partial charge in [-0.15, -0.1) is 0 Å². The van der Waals surface area contributed by atoms with Crippen LogP contribution in [0.1, 0.15) is 25.3 Å². The third-order valence-corrected chi connectivity index (χ3v) is 6.95. The molecule has 8 heteroatoms. The first-order valence-corrected chi connectivity index (χ1v) is 11.0. The Hall–Kier alpha value is -1.15. The van der Waals surface area contributed by atoms with E-state index in [1.54, 1.807) is 12.3 Å². The summed E-state index contributed by atoms with van der Waals surface area (Å²) < 4.78 is 48.3. The Kier molecular flexibility index (Phi) is 5.11. The van der Waals surface area contributed by atoms with Gasteiger partial charge in [-0.05, 0) is 42.9 Å². The Morgan fingerprint density at radius 2 is 2.14 bits per heavy atom. The molecule has 0 amide bonds. The fraction of sp³-hybridized carbons (Fsp3) is 0.643. The monoisotopic (exact) mass is 346 g/mol. The first-order chi connectivity index (χ1) is 10.2. The molecule has 2 rings (SSSR count). The predicted octanol–water partition coefficient (Wildman–Crippen LogP) is 1.23. The molecule has 1 saturated heterocycles. The summed E-state index contributed by atoms with van der Waals surface area (Å²) in [5.74, 6) is 0.805. The largest absolute Gasteiger partial charge is 0.254 e. The number of hydrogen-bond acceptors (Lipinski definition) is 5. The highest BCUT2D eigenvalue weighted by atomic mass is 32.2. The minimum absolute atomic E-state index is 0.0311. The Labute approximate surface area is 132 Å². The van der Waals surface area contributed by atoms with E-state index in [0.717, 1.165) is 18.2 Å². The molecule has 1 unspecified atom stereocenters. The summed E-state index contributed by atoms with van der Waals surface area (Å²) in [6.45, 7) is 2.26. The van der Waals surface area contributed by atoms with Gasteiger partial charge in [-0.25, -0.2) is 21.8 Å². The van der Waals surface area contributed by atoms with Crippen molar-refractivity contribution < 1.29 is 16.8 Å². The van der Waals surface area contributed by atoms with Crippen LogP contribution in [0.25, 0.3) is 0 Å². The quantitative estimate of drug-likeness (QED) is 0.773. The van der Waals surface area contributed by atoms with Crippen molar-refractivity contribution in [3.05, 3.63) is 23.9 Å². The molecule has 22 heavy (non-hydrogen) atoms. The molecule has 0 aliphatic carbocycles. The molecule has 1 aromatic heterocycles. The third-order valence-electron chi connectivity index (χ3n) is 3.94. The van der Waals surface area contributed by atoms with Crippen molar-refractivity contribution in [2.45, 2.75) is 26.2 Å². The number of sulfone groups is 1. The van der Waals surface area contributed by atoms with Crippen LogP contribution >= 0.6 is 0 Å². The molecule has 1 aromatic rings. The molecular formula is C14H22N2O4S2. The van der Waals surface area contributed by atoms with E-state index in [4.69, 9.17) is 0 Å². The van der Waals surface area contributed by atoms with Gasteiger partial charge < -0.3 is 0 Å². The van der Waals surface area contributed by atoms with Crippen LogP contribution in [-0.4, -0.2) is 46.1 Å². The molecule has 1 aliphatic rings. The lowest BCUT2D eigenvalue weighted by atomic mass is 10.1. The number of aromatic nitrogens is 1. The molecule has 2 heterocycles. The summed E-state index contributed by atoms with van der Waals surface area (Å²) in [4.78, 5) is 4.16. The second-order valence-electron chi connectivity index (χ2n) is 5.77. The highest BCUT2D eigenvalue weighted by molar-refractivity contribution is 7.92. The number of hydrogen-bond donors (Lipinski definition) is 0. The molecule has 6 nitrogen and oxygen atoms in total. The number of aryl methyl sites for hydroxylation is 1. The molecule has 1 fully saturated rings. The van der Waals surface area contributed by atoms with E-state index in [1.165, 1.54) is 4.31 Å². The number of sulfonamides is 1. The van der Waals surface area contributed by atoms with E-state index < -0.39 is 19.9 Å². The van der Waals surface area contributed by atoms with Crippen molar-refractivity contribution in [2.24, 2.45) is 5.92 Å². The second-order valence-corrected chi connectivity index (χ2v) is 9.90. The van der Waals surface area contributed by atoms with Crippen LogP contribution in [0.4, 0.5) is 5.82 Å². The van der Waals surface area contributed by atoms with Crippen molar-refractivity contribution in [2.75, 3.05) is 28.6 Å². The van der Waals surface area contributed by atoms with E-state index in [2.05, 4.69) is 4.98 Å². The predicted molar refractivity (Wildman–Crippen MR) is 87.2 cm³/mol. The van der Waals surface area contributed by atoms with E-state index in [0.29, 0.717) is 18.7 Å². The van der Waals surface area contributed by atoms with Crippen LogP contribution in [-0.2, 0) is 26.3 Å². The number of nitrogens with zero attached hydrogens (tertiary/aromatic N) is 2. The number of rotatable bonds is 6. The Bertz CT molecular complexity index is 729. The van der Waals surface area contributed by atoms with Crippen molar-refractivity contribution in [1.82, 2.24) is 4.98 Å². The molecule has 0 spiro atoms. The Morgan fingerprint density at radius 1 is 1.41 bits per heavy atom. The number of anilines is 1. The molecule has 0 N–H and O–H groups in total. The molecule has 0 aromatic carbocycles. The summed E-state index contributed by atoms with van der Waals surface area (Å²) in [5.41, 5.74) is 1.02. The Balaban J connectivity index is 2.14. The summed E-state index contributed by atoms with van der Waals surface area (Å²) in [6, 6.07) is 3.62. The normalized spacial score (nSPS) is 20.9.